The van der Waals surface area contributed by atoms with Gasteiger partial charge in [0.1, 0.15) is 0 Å². The van der Waals surface area contributed by atoms with Gasteiger partial charge in [-0.15, -0.1) is 0 Å². The third-order valence-corrected chi connectivity index (χ3v) is 6.75. The minimum absolute atomic E-state index is 0.126. The zero-order valence-corrected chi connectivity index (χ0v) is 21.9. The zero-order valence-electron chi connectivity index (χ0n) is 20.4. The fourth-order valence-electron chi connectivity index (χ4n) is 3.93. The first kappa shape index (κ1) is 26.3. The Morgan fingerprint density at radius 2 is 1.82 bits per heavy atom. The summed E-state index contributed by atoms with van der Waals surface area (Å²) in [5, 5.41) is 6.52. The second kappa shape index (κ2) is 12.4. The number of benzene rings is 2. The molecule has 1 aliphatic heterocycles. The van der Waals surface area contributed by atoms with Crippen LogP contribution in [0.2, 0.25) is 5.02 Å². The summed E-state index contributed by atoms with van der Waals surface area (Å²) < 4.78 is 0. The predicted molar refractivity (Wildman–Crippen MR) is 143 cm³/mol. The number of rotatable bonds is 10. The molecule has 7 heteroatoms. The number of fused-ring (bicyclic) bond motifs is 1. The van der Waals surface area contributed by atoms with Crippen LogP contribution >= 0.6 is 23.4 Å². The highest BCUT2D eigenvalue weighted by atomic mass is 35.5. The van der Waals surface area contributed by atoms with Crippen LogP contribution in [0.5, 0.6) is 0 Å². The lowest BCUT2D eigenvalue weighted by molar-refractivity contribution is -0.112. The summed E-state index contributed by atoms with van der Waals surface area (Å²) in [6.07, 6.45) is 2.69. The van der Waals surface area contributed by atoms with E-state index in [-0.39, 0.29) is 11.8 Å². The van der Waals surface area contributed by atoms with Crippen molar-refractivity contribution in [3.8, 4) is 0 Å². The van der Waals surface area contributed by atoms with Gasteiger partial charge in [0.05, 0.1) is 10.6 Å². The highest BCUT2D eigenvalue weighted by Crippen LogP contribution is 2.39. The summed E-state index contributed by atoms with van der Waals surface area (Å²) in [7, 11) is 0. The Kier molecular flexibility index (Phi) is 9.63. The van der Waals surface area contributed by atoms with Gasteiger partial charge < -0.3 is 15.5 Å². The summed E-state index contributed by atoms with van der Waals surface area (Å²) in [5.41, 5.74) is 1.99. The van der Waals surface area contributed by atoms with Gasteiger partial charge in [0.25, 0.3) is 11.8 Å². The molecule has 0 bridgehead atoms. The van der Waals surface area contributed by atoms with Crippen molar-refractivity contribution in [2.45, 2.75) is 39.0 Å². The van der Waals surface area contributed by atoms with Gasteiger partial charge in [0, 0.05) is 35.1 Å². The Morgan fingerprint density at radius 1 is 1.12 bits per heavy atom. The van der Waals surface area contributed by atoms with E-state index in [4.69, 9.17) is 11.6 Å². The van der Waals surface area contributed by atoms with Crippen molar-refractivity contribution in [2.75, 3.05) is 31.5 Å². The number of hydrogen-bond donors (Lipinski definition) is 2. The van der Waals surface area contributed by atoms with Crippen LogP contribution in [0.4, 0.5) is 5.69 Å². The molecule has 0 radical (unpaired) electrons. The van der Waals surface area contributed by atoms with Crippen molar-refractivity contribution in [1.82, 2.24) is 10.2 Å². The SMILES string of the molecule is CC(C)CN(CCCNC(=O)c1ccc2c(c1)NC(=O)C(=Cc1ccccc1Cl)S2)CC(C)C. The van der Waals surface area contributed by atoms with E-state index < -0.39 is 0 Å². The Balaban J connectivity index is 1.57. The minimum atomic E-state index is -0.203. The largest absolute Gasteiger partial charge is 0.352 e. The number of amides is 2. The van der Waals surface area contributed by atoms with E-state index in [2.05, 4.69) is 43.2 Å². The van der Waals surface area contributed by atoms with Gasteiger partial charge >= 0.3 is 0 Å². The van der Waals surface area contributed by atoms with Gasteiger partial charge in [0.2, 0.25) is 0 Å². The molecule has 0 aromatic heterocycles. The van der Waals surface area contributed by atoms with Crippen LogP contribution < -0.4 is 10.6 Å². The first-order valence-corrected chi connectivity index (χ1v) is 13.0. The van der Waals surface area contributed by atoms with Crippen molar-refractivity contribution >= 4 is 46.9 Å². The average Bonchev–Trinajstić information content (AvgIpc) is 2.77. The van der Waals surface area contributed by atoms with E-state index in [1.807, 2.05) is 24.3 Å². The number of nitrogens with zero attached hydrogens (tertiary/aromatic N) is 1. The van der Waals surface area contributed by atoms with Gasteiger partial charge in [-0.3, -0.25) is 9.59 Å². The molecule has 2 aromatic carbocycles. The fourth-order valence-corrected chi connectivity index (χ4v) is 5.04. The molecule has 0 unspecified atom stereocenters. The third kappa shape index (κ3) is 7.62. The van der Waals surface area contributed by atoms with Crippen LogP contribution in [0.15, 0.2) is 52.3 Å². The molecular formula is C27H34ClN3O2S. The quantitative estimate of drug-likeness (QED) is 0.303. The van der Waals surface area contributed by atoms with Crippen LogP contribution in [0.3, 0.4) is 0 Å². The van der Waals surface area contributed by atoms with Gasteiger partial charge in [-0.2, -0.15) is 0 Å². The predicted octanol–water partition coefficient (Wildman–Crippen LogP) is 6.16. The molecule has 0 spiro atoms. The Hall–Kier alpha value is -2.28. The molecule has 1 aliphatic rings. The Bertz CT molecular complexity index is 1040. The van der Waals surface area contributed by atoms with Crippen LogP contribution in [-0.2, 0) is 4.79 Å². The number of halogens is 1. The maximum absolute atomic E-state index is 12.7. The van der Waals surface area contributed by atoms with E-state index in [0.29, 0.717) is 39.6 Å². The van der Waals surface area contributed by atoms with E-state index in [1.165, 1.54) is 11.8 Å². The van der Waals surface area contributed by atoms with Crippen molar-refractivity contribution in [3.63, 3.8) is 0 Å². The van der Waals surface area contributed by atoms with Gasteiger partial charge in [-0.1, -0.05) is 69.3 Å². The number of thioether (sulfide) groups is 1. The number of carbonyl (C=O) groups excluding carboxylic acids is 2. The van der Waals surface area contributed by atoms with Gasteiger partial charge in [-0.25, -0.2) is 0 Å². The highest BCUT2D eigenvalue weighted by Gasteiger charge is 2.22. The summed E-state index contributed by atoms with van der Waals surface area (Å²) in [6, 6.07) is 12.8. The number of hydrogen-bond acceptors (Lipinski definition) is 4. The lowest BCUT2D eigenvalue weighted by atomic mass is 10.1. The Morgan fingerprint density at radius 3 is 2.50 bits per heavy atom. The summed E-state index contributed by atoms with van der Waals surface area (Å²) in [6.45, 7) is 12.7. The molecule has 2 aromatic rings. The average molecular weight is 500 g/mol. The molecule has 0 atom stereocenters. The van der Waals surface area contributed by atoms with Crippen molar-refractivity contribution in [3.05, 3.63) is 63.5 Å². The molecule has 34 heavy (non-hydrogen) atoms. The molecular weight excluding hydrogens is 466 g/mol. The molecule has 0 aliphatic carbocycles. The maximum Gasteiger partial charge on any atom is 0.262 e. The summed E-state index contributed by atoms with van der Waals surface area (Å²) >= 11 is 7.60. The second-order valence-electron chi connectivity index (χ2n) is 9.45. The molecule has 1 heterocycles. The highest BCUT2D eigenvalue weighted by molar-refractivity contribution is 8.04. The summed E-state index contributed by atoms with van der Waals surface area (Å²) in [4.78, 5) is 29.2. The zero-order chi connectivity index (χ0) is 24.7. The number of nitrogens with one attached hydrogen (secondary N) is 2. The lowest BCUT2D eigenvalue weighted by Gasteiger charge is -2.26. The molecule has 0 saturated heterocycles. The van der Waals surface area contributed by atoms with Crippen LogP contribution in [-0.4, -0.2) is 42.9 Å². The fraction of sp³-hybridized carbons (Fsp3) is 0.407. The molecule has 182 valence electrons. The molecule has 5 nitrogen and oxygen atoms in total. The van der Waals surface area contributed by atoms with Crippen LogP contribution in [0.1, 0.15) is 50.0 Å². The first-order valence-electron chi connectivity index (χ1n) is 11.8. The molecule has 2 amide bonds. The van der Waals surface area contributed by atoms with Gasteiger partial charge in [-0.05, 0) is 60.7 Å². The third-order valence-electron chi connectivity index (χ3n) is 5.31. The van der Waals surface area contributed by atoms with Crippen LogP contribution in [0, 0.1) is 11.8 Å². The maximum atomic E-state index is 12.7. The van der Waals surface area contributed by atoms with Crippen LogP contribution in [0.25, 0.3) is 6.08 Å². The summed E-state index contributed by atoms with van der Waals surface area (Å²) in [5.74, 6) is 0.915. The van der Waals surface area contributed by atoms with E-state index in [1.54, 1.807) is 24.3 Å². The first-order chi connectivity index (χ1) is 16.2. The van der Waals surface area contributed by atoms with Crippen molar-refractivity contribution < 1.29 is 9.59 Å². The van der Waals surface area contributed by atoms with Crippen molar-refractivity contribution in [2.24, 2.45) is 11.8 Å². The number of carbonyl (C=O) groups is 2. The second-order valence-corrected chi connectivity index (χ2v) is 10.9. The molecule has 0 fully saturated rings. The lowest BCUT2D eigenvalue weighted by Crippen LogP contribution is -2.34. The van der Waals surface area contributed by atoms with E-state index >= 15 is 0 Å². The van der Waals surface area contributed by atoms with Crippen molar-refractivity contribution in [1.29, 1.82) is 0 Å². The smallest absolute Gasteiger partial charge is 0.262 e. The standard InChI is InChI=1S/C27H34ClN3O2S/c1-18(2)16-31(17-19(3)4)13-7-12-29-26(32)21-10-11-24-23(14-21)30-27(33)25(34-24)15-20-8-5-6-9-22(20)28/h5-6,8-11,14-15,18-19H,7,12-13,16-17H2,1-4H3,(H,29,32)(H,30,33). The van der Waals surface area contributed by atoms with E-state index in [0.717, 1.165) is 36.5 Å². The molecule has 0 saturated carbocycles. The monoisotopic (exact) mass is 499 g/mol. The molecule has 2 N–H and O–H groups in total. The normalized spacial score (nSPS) is 14.6. The minimum Gasteiger partial charge on any atom is -0.352 e. The Labute approximate surface area is 212 Å². The number of anilines is 1. The van der Waals surface area contributed by atoms with E-state index in [9.17, 15) is 9.59 Å². The van der Waals surface area contributed by atoms with Gasteiger partial charge in [0.15, 0.2) is 0 Å². The molecule has 3 rings (SSSR count). The topological polar surface area (TPSA) is 61.4 Å².